The van der Waals surface area contributed by atoms with E-state index in [4.69, 9.17) is 0 Å². The fraction of sp³-hybridized carbons (Fsp3) is 0.316. The molecule has 148 valence electrons. The molecule has 2 aromatic rings. The molecule has 0 aliphatic carbocycles. The second-order valence-electron chi connectivity index (χ2n) is 6.70. The van der Waals surface area contributed by atoms with Gasteiger partial charge in [-0.15, -0.1) is 0 Å². The molecule has 8 nitrogen and oxygen atoms in total. The highest BCUT2D eigenvalue weighted by Gasteiger charge is 2.25. The molecule has 1 amide bonds. The summed E-state index contributed by atoms with van der Waals surface area (Å²) >= 11 is 0. The van der Waals surface area contributed by atoms with Crippen LogP contribution in [-0.4, -0.2) is 36.6 Å². The van der Waals surface area contributed by atoms with Crippen LogP contribution in [0.2, 0.25) is 0 Å². The van der Waals surface area contributed by atoms with Gasteiger partial charge in [0, 0.05) is 36.0 Å². The van der Waals surface area contributed by atoms with Crippen molar-refractivity contribution in [3.63, 3.8) is 0 Å². The molecule has 2 aromatic carbocycles. The zero-order valence-corrected chi connectivity index (χ0v) is 16.2. The summed E-state index contributed by atoms with van der Waals surface area (Å²) in [6.45, 7) is 2.62. The maximum absolute atomic E-state index is 12.7. The Morgan fingerprint density at radius 1 is 1.07 bits per heavy atom. The number of nitro benzene ring substituents is 1. The summed E-state index contributed by atoms with van der Waals surface area (Å²) in [5.41, 5.74) is 1.07. The minimum absolute atomic E-state index is 0.0520. The molecule has 0 radical (unpaired) electrons. The topological polar surface area (TPSA) is 110 Å². The van der Waals surface area contributed by atoms with Gasteiger partial charge in [0.15, 0.2) is 0 Å². The molecule has 28 heavy (non-hydrogen) atoms. The monoisotopic (exact) mass is 403 g/mol. The normalized spacial score (nSPS) is 15.2. The van der Waals surface area contributed by atoms with Crippen molar-refractivity contribution in [2.75, 3.05) is 18.4 Å². The highest BCUT2D eigenvalue weighted by molar-refractivity contribution is 7.89. The van der Waals surface area contributed by atoms with Crippen molar-refractivity contribution in [2.24, 2.45) is 0 Å². The second-order valence-corrected chi connectivity index (χ2v) is 8.64. The van der Waals surface area contributed by atoms with Gasteiger partial charge in [0.1, 0.15) is 0 Å². The number of hydrogen-bond donors (Lipinski definition) is 1. The average Bonchev–Trinajstić information content (AvgIpc) is 2.68. The van der Waals surface area contributed by atoms with Gasteiger partial charge >= 0.3 is 0 Å². The molecule has 1 fully saturated rings. The standard InChI is InChI=1S/C19H21N3O5S/c1-14-13-15(5-10-18(14)22(24)25)19(23)20-16-6-8-17(9-7-16)28(26,27)21-11-3-2-4-12-21/h5-10,13H,2-4,11-12H2,1H3,(H,20,23). The van der Waals surface area contributed by atoms with Crippen LogP contribution in [0.1, 0.15) is 35.2 Å². The highest BCUT2D eigenvalue weighted by Crippen LogP contribution is 2.23. The maximum atomic E-state index is 12.7. The lowest BCUT2D eigenvalue weighted by Crippen LogP contribution is -2.35. The first-order chi connectivity index (χ1) is 13.3. The predicted molar refractivity (Wildman–Crippen MR) is 105 cm³/mol. The van der Waals surface area contributed by atoms with Crippen LogP contribution >= 0.6 is 0 Å². The Kier molecular flexibility index (Phi) is 5.76. The predicted octanol–water partition coefficient (Wildman–Crippen LogP) is 3.33. The third kappa shape index (κ3) is 4.20. The molecule has 3 rings (SSSR count). The third-order valence-corrected chi connectivity index (χ3v) is 6.63. The van der Waals surface area contributed by atoms with Crippen molar-refractivity contribution in [3.8, 4) is 0 Å². The summed E-state index contributed by atoms with van der Waals surface area (Å²) in [6.07, 6.45) is 2.77. The maximum Gasteiger partial charge on any atom is 0.272 e. The van der Waals surface area contributed by atoms with E-state index in [0.717, 1.165) is 19.3 Å². The summed E-state index contributed by atoms with van der Waals surface area (Å²) in [4.78, 5) is 22.9. The lowest BCUT2D eigenvalue weighted by Gasteiger charge is -2.25. The quantitative estimate of drug-likeness (QED) is 0.608. The number of benzene rings is 2. The van der Waals surface area contributed by atoms with Crippen LogP contribution in [0.4, 0.5) is 11.4 Å². The number of sulfonamides is 1. The Labute approximate surface area is 163 Å². The number of piperidine rings is 1. The average molecular weight is 403 g/mol. The first kappa shape index (κ1) is 20.0. The summed E-state index contributed by atoms with van der Waals surface area (Å²) in [5, 5.41) is 13.5. The van der Waals surface area contributed by atoms with E-state index in [-0.39, 0.29) is 16.1 Å². The summed E-state index contributed by atoms with van der Waals surface area (Å²) in [7, 11) is -3.52. The van der Waals surface area contributed by atoms with E-state index in [1.807, 2.05) is 0 Å². The van der Waals surface area contributed by atoms with E-state index in [2.05, 4.69) is 5.32 Å². The smallest absolute Gasteiger partial charge is 0.272 e. The molecule has 1 aliphatic heterocycles. The van der Waals surface area contributed by atoms with Gasteiger partial charge in [-0.2, -0.15) is 4.31 Å². The second kappa shape index (κ2) is 8.07. The number of carbonyl (C=O) groups is 1. The lowest BCUT2D eigenvalue weighted by molar-refractivity contribution is -0.385. The molecule has 1 heterocycles. The number of rotatable bonds is 5. The largest absolute Gasteiger partial charge is 0.322 e. The van der Waals surface area contributed by atoms with E-state index in [1.165, 1.54) is 46.8 Å². The van der Waals surface area contributed by atoms with Crippen molar-refractivity contribution in [1.82, 2.24) is 4.31 Å². The molecule has 0 spiro atoms. The van der Waals surface area contributed by atoms with E-state index in [1.54, 1.807) is 6.92 Å². The van der Waals surface area contributed by atoms with Gasteiger partial charge in [0.2, 0.25) is 10.0 Å². The van der Waals surface area contributed by atoms with Gasteiger partial charge in [0.05, 0.1) is 9.82 Å². The number of amides is 1. The van der Waals surface area contributed by atoms with Crippen LogP contribution in [0, 0.1) is 17.0 Å². The molecule has 0 saturated carbocycles. The SMILES string of the molecule is Cc1cc(C(=O)Nc2ccc(S(=O)(=O)N3CCCCC3)cc2)ccc1[N+](=O)[O-]. The molecule has 1 aliphatic rings. The van der Waals surface area contributed by atoms with Gasteiger partial charge < -0.3 is 5.32 Å². The Hall–Kier alpha value is -2.78. The Bertz CT molecular complexity index is 997. The molecule has 1 saturated heterocycles. The first-order valence-electron chi connectivity index (χ1n) is 8.95. The molecule has 0 bridgehead atoms. The minimum Gasteiger partial charge on any atom is -0.322 e. The van der Waals surface area contributed by atoms with Crippen LogP contribution in [0.3, 0.4) is 0 Å². The number of anilines is 1. The van der Waals surface area contributed by atoms with E-state index >= 15 is 0 Å². The van der Waals surface area contributed by atoms with Crippen molar-refractivity contribution in [1.29, 1.82) is 0 Å². The van der Waals surface area contributed by atoms with Crippen molar-refractivity contribution >= 4 is 27.3 Å². The van der Waals surface area contributed by atoms with Crippen molar-refractivity contribution in [3.05, 3.63) is 63.7 Å². The third-order valence-electron chi connectivity index (χ3n) is 4.72. The van der Waals surface area contributed by atoms with Crippen LogP contribution in [-0.2, 0) is 10.0 Å². The van der Waals surface area contributed by atoms with Crippen LogP contribution < -0.4 is 5.32 Å². The zero-order chi connectivity index (χ0) is 20.3. The van der Waals surface area contributed by atoms with Crippen molar-refractivity contribution < 1.29 is 18.1 Å². The number of carbonyl (C=O) groups excluding carboxylic acids is 1. The summed E-state index contributed by atoms with van der Waals surface area (Å²) < 4.78 is 26.8. The fourth-order valence-electron chi connectivity index (χ4n) is 3.17. The number of nitro groups is 1. The number of nitrogens with one attached hydrogen (secondary N) is 1. The van der Waals surface area contributed by atoms with E-state index < -0.39 is 20.9 Å². The van der Waals surface area contributed by atoms with Gasteiger partial charge in [-0.1, -0.05) is 6.42 Å². The molecule has 9 heteroatoms. The van der Waals surface area contributed by atoms with Crippen molar-refractivity contribution in [2.45, 2.75) is 31.1 Å². The Morgan fingerprint density at radius 2 is 1.71 bits per heavy atom. The lowest BCUT2D eigenvalue weighted by atomic mass is 10.1. The Balaban J connectivity index is 1.73. The van der Waals surface area contributed by atoms with Gasteiger partial charge in [-0.3, -0.25) is 14.9 Å². The molecule has 0 atom stereocenters. The first-order valence-corrected chi connectivity index (χ1v) is 10.4. The number of nitrogens with zero attached hydrogens (tertiary/aromatic N) is 2. The summed E-state index contributed by atoms with van der Waals surface area (Å²) in [5.74, 6) is -0.426. The molecule has 1 N–H and O–H groups in total. The molecule has 0 unspecified atom stereocenters. The van der Waals surface area contributed by atoms with Gasteiger partial charge in [0.25, 0.3) is 11.6 Å². The zero-order valence-electron chi connectivity index (χ0n) is 15.4. The highest BCUT2D eigenvalue weighted by atomic mass is 32.2. The molecular weight excluding hydrogens is 382 g/mol. The van der Waals surface area contributed by atoms with Crippen LogP contribution in [0.5, 0.6) is 0 Å². The molecule has 0 aromatic heterocycles. The van der Waals surface area contributed by atoms with Gasteiger partial charge in [-0.25, -0.2) is 8.42 Å². The number of hydrogen-bond acceptors (Lipinski definition) is 5. The Morgan fingerprint density at radius 3 is 2.29 bits per heavy atom. The minimum atomic E-state index is -3.52. The van der Waals surface area contributed by atoms with Crippen LogP contribution in [0.15, 0.2) is 47.4 Å². The van der Waals surface area contributed by atoms with E-state index in [9.17, 15) is 23.3 Å². The molecular formula is C19H21N3O5S. The van der Waals surface area contributed by atoms with E-state index in [0.29, 0.717) is 24.3 Å². The number of aryl methyl sites for hydroxylation is 1. The van der Waals surface area contributed by atoms with Gasteiger partial charge in [-0.05, 0) is 56.2 Å². The van der Waals surface area contributed by atoms with Crippen LogP contribution in [0.25, 0.3) is 0 Å². The fourth-order valence-corrected chi connectivity index (χ4v) is 4.69. The summed E-state index contributed by atoms with van der Waals surface area (Å²) in [6, 6.07) is 10.1.